The van der Waals surface area contributed by atoms with Gasteiger partial charge in [-0.2, -0.15) is 0 Å². The molecule has 4 nitrogen and oxygen atoms in total. The van der Waals surface area contributed by atoms with E-state index in [-0.39, 0.29) is 11.8 Å². The van der Waals surface area contributed by atoms with Gasteiger partial charge in [0.15, 0.2) is 0 Å². The molecule has 5 heteroatoms. The van der Waals surface area contributed by atoms with Crippen molar-refractivity contribution in [2.75, 3.05) is 19.6 Å². The van der Waals surface area contributed by atoms with Gasteiger partial charge in [0.1, 0.15) is 0 Å². The molecule has 1 aromatic carbocycles. The molecule has 0 aliphatic carbocycles. The third-order valence-electron chi connectivity index (χ3n) is 3.79. The molecule has 0 spiro atoms. The van der Waals surface area contributed by atoms with Gasteiger partial charge in [-0.15, -0.1) is 0 Å². The molecule has 1 aliphatic heterocycles. The molecule has 0 bridgehead atoms. The molecule has 124 valence electrons. The van der Waals surface area contributed by atoms with Crippen LogP contribution >= 0.6 is 11.6 Å². The van der Waals surface area contributed by atoms with Gasteiger partial charge in [0.05, 0.1) is 0 Å². The highest BCUT2D eigenvalue weighted by atomic mass is 35.5. The lowest BCUT2D eigenvalue weighted by atomic mass is 10.2. The summed E-state index contributed by atoms with van der Waals surface area (Å²) in [5.74, 6) is 0.399. The molecular weight excluding hydrogens is 312 g/mol. The summed E-state index contributed by atoms with van der Waals surface area (Å²) in [5.41, 5.74) is 1.00. The summed E-state index contributed by atoms with van der Waals surface area (Å²) in [4.78, 5) is 28.0. The zero-order chi connectivity index (χ0) is 16.8. The van der Waals surface area contributed by atoms with Crippen LogP contribution in [0.1, 0.15) is 25.8 Å². The van der Waals surface area contributed by atoms with Crippen LogP contribution in [0, 0.1) is 5.92 Å². The number of carbonyl (C=O) groups excluding carboxylic acids is 2. The average molecular weight is 335 g/mol. The van der Waals surface area contributed by atoms with Crippen LogP contribution < -0.4 is 0 Å². The van der Waals surface area contributed by atoms with Crippen LogP contribution in [0.25, 0.3) is 0 Å². The molecule has 0 atom stereocenters. The summed E-state index contributed by atoms with van der Waals surface area (Å²) in [6.07, 6.45) is 3.86. The van der Waals surface area contributed by atoms with Gasteiger partial charge in [-0.3, -0.25) is 9.59 Å². The summed E-state index contributed by atoms with van der Waals surface area (Å²) in [5, 5.41) is 0.667. The molecule has 2 rings (SSSR count). The van der Waals surface area contributed by atoms with Crippen molar-refractivity contribution >= 4 is 23.4 Å². The van der Waals surface area contributed by atoms with Crippen molar-refractivity contribution in [1.29, 1.82) is 0 Å². The van der Waals surface area contributed by atoms with E-state index in [0.29, 0.717) is 43.5 Å². The maximum atomic E-state index is 12.3. The van der Waals surface area contributed by atoms with Crippen LogP contribution in [-0.4, -0.2) is 41.2 Å². The minimum absolute atomic E-state index is 0.0175. The van der Waals surface area contributed by atoms with Gasteiger partial charge in [-0.25, -0.2) is 0 Å². The van der Waals surface area contributed by atoms with Crippen LogP contribution in [0.15, 0.2) is 36.4 Å². The normalized spacial score (nSPS) is 16.3. The van der Waals surface area contributed by atoms with Gasteiger partial charge in [0.25, 0.3) is 0 Å². The van der Waals surface area contributed by atoms with Gasteiger partial charge < -0.3 is 9.80 Å². The maximum Gasteiger partial charge on any atom is 0.246 e. The SMILES string of the molecule is CC(C)/C=C/C(=O)N1CCC(=O)N(Cc2cccc(Cl)c2)CC1. The van der Waals surface area contributed by atoms with Gasteiger partial charge in [-0.05, 0) is 29.7 Å². The highest BCUT2D eigenvalue weighted by Crippen LogP contribution is 2.15. The standard InChI is InChI=1S/C18H23ClN2O2/c1-14(2)6-7-17(22)20-9-8-18(23)21(11-10-20)13-15-4-3-5-16(19)12-15/h3-7,12,14H,8-11,13H2,1-2H3/b7-6+. The summed E-state index contributed by atoms with van der Waals surface area (Å²) in [6.45, 7) is 6.18. The zero-order valence-corrected chi connectivity index (χ0v) is 14.4. The monoisotopic (exact) mass is 334 g/mol. The van der Waals surface area contributed by atoms with Crippen molar-refractivity contribution in [3.8, 4) is 0 Å². The first kappa shape index (κ1) is 17.5. The molecular formula is C18H23ClN2O2. The van der Waals surface area contributed by atoms with E-state index in [0.717, 1.165) is 5.56 Å². The quantitative estimate of drug-likeness (QED) is 0.794. The molecule has 0 saturated carbocycles. The van der Waals surface area contributed by atoms with Gasteiger partial charge in [-0.1, -0.05) is 43.7 Å². The van der Waals surface area contributed by atoms with E-state index >= 15 is 0 Å². The predicted molar refractivity (Wildman–Crippen MR) is 92.0 cm³/mol. The predicted octanol–water partition coefficient (Wildman–Crippen LogP) is 3.11. The summed E-state index contributed by atoms with van der Waals surface area (Å²) >= 11 is 5.99. The fourth-order valence-corrected chi connectivity index (χ4v) is 2.70. The number of amides is 2. The Kier molecular flexibility index (Phi) is 6.22. The molecule has 1 saturated heterocycles. The number of benzene rings is 1. The molecule has 1 heterocycles. The van der Waals surface area contributed by atoms with Crippen LogP contribution in [0.4, 0.5) is 0 Å². The Labute approximate surface area is 142 Å². The van der Waals surface area contributed by atoms with Crippen molar-refractivity contribution < 1.29 is 9.59 Å². The van der Waals surface area contributed by atoms with Crippen LogP contribution in [0.5, 0.6) is 0 Å². The Morgan fingerprint density at radius 1 is 1.30 bits per heavy atom. The lowest BCUT2D eigenvalue weighted by molar-refractivity contribution is -0.130. The number of hydrogen-bond donors (Lipinski definition) is 0. The van der Waals surface area contributed by atoms with Crippen molar-refractivity contribution in [1.82, 2.24) is 9.80 Å². The van der Waals surface area contributed by atoms with Gasteiger partial charge >= 0.3 is 0 Å². The van der Waals surface area contributed by atoms with Crippen LogP contribution in [-0.2, 0) is 16.1 Å². The van der Waals surface area contributed by atoms with Crippen molar-refractivity contribution in [2.45, 2.75) is 26.8 Å². The van der Waals surface area contributed by atoms with Crippen molar-refractivity contribution in [3.05, 3.63) is 47.0 Å². The summed E-state index contributed by atoms with van der Waals surface area (Å²) in [7, 11) is 0. The minimum atomic E-state index is -0.0175. The topological polar surface area (TPSA) is 40.6 Å². The minimum Gasteiger partial charge on any atom is -0.337 e. The first-order valence-electron chi connectivity index (χ1n) is 7.95. The van der Waals surface area contributed by atoms with E-state index in [2.05, 4.69) is 0 Å². The Morgan fingerprint density at radius 3 is 2.78 bits per heavy atom. The van der Waals surface area contributed by atoms with Crippen molar-refractivity contribution in [2.24, 2.45) is 5.92 Å². The Bertz CT molecular complexity index is 598. The number of allylic oxidation sites excluding steroid dienone is 1. The lowest BCUT2D eigenvalue weighted by Gasteiger charge is -2.21. The molecule has 0 N–H and O–H groups in total. The number of carbonyl (C=O) groups is 2. The Hall–Kier alpha value is -1.81. The fourth-order valence-electron chi connectivity index (χ4n) is 2.49. The lowest BCUT2D eigenvalue weighted by Crippen LogP contribution is -2.34. The Balaban J connectivity index is 1.98. The molecule has 1 aromatic rings. The Morgan fingerprint density at radius 2 is 2.09 bits per heavy atom. The molecule has 1 aliphatic rings. The zero-order valence-electron chi connectivity index (χ0n) is 13.7. The molecule has 1 fully saturated rings. The second-order valence-corrected chi connectivity index (χ2v) is 6.56. The van der Waals surface area contributed by atoms with Gasteiger partial charge in [0, 0.05) is 37.6 Å². The summed E-state index contributed by atoms with van der Waals surface area (Å²) < 4.78 is 0. The van der Waals surface area contributed by atoms with E-state index in [1.54, 1.807) is 15.9 Å². The average Bonchev–Trinajstić information content (AvgIpc) is 2.68. The number of hydrogen-bond acceptors (Lipinski definition) is 2. The maximum absolute atomic E-state index is 12.3. The van der Waals surface area contributed by atoms with E-state index in [1.807, 2.05) is 44.2 Å². The van der Waals surface area contributed by atoms with E-state index < -0.39 is 0 Å². The molecule has 0 aromatic heterocycles. The third kappa shape index (κ3) is 5.39. The molecule has 0 radical (unpaired) electrons. The number of rotatable bonds is 4. The first-order valence-corrected chi connectivity index (χ1v) is 8.33. The molecule has 23 heavy (non-hydrogen) atoms. The largest absolute Gasteiger partial charge is 0.337 e. The van der Waals surface area contributed by atoms with E-state index in [1.165, 1.54) is 0 Å². The smallest absolute Gasteiger partial charge is 0.246 e. The second kappa shape index (κ2) is 8.16. The van der Waals surface area contributed by atoms with Crippen LogP contribution in [0.2, 0.25) is 5.02 Å². The highest BCUT2D eigenvalue weighted by molar-refractivity contribution is 6.30. The highest BCUT2D eigenvalue weighted by Gasteiger charge is 2.22. The van der Waals surface area contributed by atoms with Crippen molar-refractivity contribution in [3.63, 3.8) is 0 Å². The van der Waals surface area contributed by atoms with Gasteiger partial charge in [0.2, 0.25) is 11.8 Å². The third-order valence-corrected chi connectivity index (χ3v) is 4.02. The first-order chi connectivity index (χ1) is 11.0. The number of nitrogens with zero attached hydrogens (tertiary/aromatic N) is 2. The second-order valence-electron chi connectivity index (χ2n) is 6.12. The summed E-state index contributed by atoms with van der Waals surface area (Å²) in [6, 6.07) is 7.52. The van der Waals surface area contributed by atoms with E-state index in [4.69, 9.17) is 11.6 Å². The molecule has 0 unspecified atom stereocenters. The fraction of sp³-hybridized carbons (Fsp3) is 0.444. The number of halogens is 1. The van der Waals surface area contributed by atoms with Crippen LogP contribution in [0.3, 0.4) is 0 Å². The van der Waals surface area contributed by atoms with E-state index in [9.17, 15) is 9.59 Å². The molecule has 2 amide bonds.